The molecular formula is C16H9BrINO2. The third-order valence-electron chi connectivity index (χ3n) is 2.86. The van der Waals surface area contributed by atoms with E-state index in [1.807, 2.05) is 48.5 Å². The van der Waals surface area contributed by atoms with E-state index in [1.54, 1.807) is 6.08 Å². The fourth-order valence-electron chi connectivity index (χ4n) is 1.88. The fraction of sp³-hybridized carbons (Fsp3) is 0. The van der Waals surface area contributed by atoms with Gasteiger partial charge in [0.05, 0.1) is 0 Å². The molecule has 0 spiro atoms. The lowest BCUT2D eigenvalue weighted by Gasteiger charge is -1.98. The van der Waals surface area contributed by atoms with Gasteiger partial charge < -0.3 is 4.74 Å². The Bertz CT molecular complexity index is 766. The Morgan fingerprint density at radius 2 is 1.90 bits per heavy atom. The first-order chi connectivity index (χ1) is 10.1. The molecule has 0 fully saturated rings. The van der Waals surface area contributed by atoms with Crippen molar-refractivity contribution in [2.24, 2.45) is 4.99 Å². The van der Waals surface area contributed by atoms with E-state index < -0.39 is 5.97 Å². The number of rotatable bonds is 2. The molecule has 2 aromatic rings. The number of carbonyl (C=O) groups excluding carboxylic acids is 1. The highest BCUT2D eigenvalue weighted by molar-refractivity contribution is 14.1. The molecule has 104 valence electrons. The van der Waals surface area contributed by atoms with Crippen molar-refractivity contribution in [3.8, 4) is 0 Å². The Labute approximate surface area is 144 Å². The van der Waals surface area contributed by atoms with Crippen LogP contribution in [-0.2, 0) is 9.53 Å². The van der Waals surface area contributed by atoms with Crippen LogP contribution < -0.4 is 0 Å². The second kappa shape index (κ2) is 6.11. The number of ether oxygens (including phenoxy) is 1. The molecule has 0 amide bonds. The average Bonchev–Trinajstić information content (AvgIpc) is 2.81. The fourth-order valence-corrected chi connectivity index (χ4v) is 2.71. The van der Waals surface area contributed by atoms with Gasteiger partial charge in [-0.05, 0) is 70.6 Å². The van der Waals surface area contributed by atoms with E-state index in [0.717, 1.165) is 19.2 Å². The molecule has 0 N–H and O–H groups in total. The number of esters is 1. The smallest absolute Gasteiger partial charge is 0.363 e. The number of halogens is 2. The van der Waals surface area contributed by atoms with Crippen molar-refractivity contribution in [1.82, 2.24) is 0 Å². The summed E-state index contributed by atoms with van der Waals surface area (Å²) in [5.74, 6) is -0.0869. The van der Waals surface area contributed by atoms with Gasteiger partial charge in [0.1, 0.15) is 0 Å². The first-order valence-corrected chi connectivity index (χ1v) is 8.03. The summed E-state index contributed by atoms with van der Waals surface area (Å²) in [6.45, 7) is 0. The molecule has 5 heteroatoms. The van der Waals surface area contributed by atoms with Crippen LogP contribution in [-0.4, -0.2) is 11.9 Å². The third-order valence-corrected chi connectivity index (χ3v) is 4.06. The minimum atomic E-state index is -0.424. The number of carbonyl (C=O) groups is 1. The maximum atomic E-state index is 11.9. The van der Waals surface area contributed by atoms with Gasteiger partial charge in [-0.3, -0.25) is 0 Å². The monoisotopic (exact) mass is 453 g/mol. The Balaban J connectivity index is 1.93. The zero-order valence-corrected chi connectivity index (χ0v) is 14.5. The van der Waals surface area contributed by atoms with Gasteiger partial charge in [-0.2, -0.15) is 0 Å². The lowest BCUT2D eigenvalue weighted by molar-refractivity contribution is -0.129. The normalized spacial score (nSPS) is 16.0. The molecule has 0 unspecified atom stereocenters. The molecule has 21 heavy (non-hydrogen) atoms. The molecular weight excluding hydrogens is 445 g/mol. The Morgan fingerprint density at radius 1 is 1.14 bits per heavy atom. The molecule has 3 rings (SSSR count). The number of nitrogens with zero attached hydrogens (tertiary/aromatic N) is 1. The maximum Gasteiger partial charge on any atom is 0.363 e. The zero-order chi connectivity index (χ0) is 14.8. The Morgan fingerprint density at radius 3 is 2.62 bits per heavy atom. The van der Waals surface area contributed by atoms with Crippen LogP contribution >= 0.6 is 38.5 Å². The molecule has 0 aliphatic carbocycles. The van der Waals surface area contributed by atoms with Crippen LogP contribution in [0.2, 0.25) is 0 Å². The summed E-state index contributed by atoms with van der Waals surface area (Å²) in [6, 6.07) is 15.3. The van der Waals surface area contributed by atoms with E-state index in [9.17, 15) is 4.79 Å². The first-order valence-electron chi connectivity index (χ1n) is 6.16. The molecule has 1 aliphatic heterocycles. The van der Waals surface area contributed by atoms with Crippen molar-refractivity contribution >= 4 is 56.5 Å². The molecule has 0 aromatic heterocycles. The van der Waals surface area contributed by atoms with Gasteiger partial charge in [-0.1, -0.05) is 28.1 Å². The van der Waals surface area contributed by atoms with Crippen molar-refractivity contribution < 1.29 is 9.53 Å². The summed E-state index contributed by atoms with van der Waals surface area (Å²) in [5, 5.41) is 0. The van der Waals surface area contributed by atoms with Crippen molar-refractivity contribution in [1.29, 1.82) is 0 Å². The molecule has 1 heterocycles. The van der Waals surface area contributed by atoms with Crippen LogP contribution in [0.5, 0.6) is 0 Å². The molecule has 0 bridgehead atoms. The molecule has 3 nitrogen and oxygen atoms in total. The lowest BCUT2D eigenvalue weighted by atomic mass is 10.2. The summed E-state index contributed by atoms with van der Waals surface area (Å²) in [7, 11) is 0. The predicted octanol–water partition coefficient (Wildman–Crippen LogP) is 4.40. The van der Waals surface area contributed by atoms with Crippen molar-refractivity contribution in [3.05, 3.63) is 73.4 Å². The second-order valence-corrected chi connectivity index (χ2v) is 6.56. The van der Waals surface area contributed by atoms with E-state index in [-0.39, 0.29) is 0 Å². The van der Waals surface area contributed by atoms with Crippen LogP contribution in [0.25, 0.3) is 6.08 Å². The number of hydrogen-bond donors (Lipinski definition) is 0. The van der Waals surface area contributed by atoms with Gasteiger partial charge in [-0.15, -0.1) is 0 Å². The van der Waals surface area contributed by atoms with Gasteiger partial charge in [0.25, 0.3) is 0 Å². The first kappa shape index (κ1) is 14.5. The van der Waals surface area contributed by atoms with Crippen molar-refractivity contribution in [2.75, 3.05) is 0 Å². The highest BCUT2D eigenvalue weighted by Gasteiger charge is 2.23. The Hall–Kier alpha value is -1.47. The number of hydrogen-bond acceptors (Lipinski definition) is 3. The zero-order valence-electron chi connectivity index (χ0n) is 10.7. The number of aliphatic imine (C=N–C) groups is 1. The summed E-state index contributed by atoms with van der Waals surface area (Å²) in [6.07, 6.45) is 1.73. The molecule has 1 aliphatic rings. The Kier molecular flexibility index (Phi) is 4.21. The van der Waals surface area contributed by atoms with Crippen LogP contribution in [0, 0.1) is 3.57 Å². The molecule has 0 saturated heterocycles. The quantitative estimate of drug-likeness (QED) is 0.384. The van der Waals surface area contributed by atoms with Crippen LogP contribution in [0.3, 0.4) is 0 Å². The summed E-state index contributed by atoms with van der Waals surface area (Å²) < 4.78 is 7.29. The van der Waals surface area contributed by atoms with E-state index >= 15 is 0 Å². The topological polar surface area (TPSA) is 38.7 Å². The van der Waals surface area contributed by atoms with Gasteiger partial charge >= 0.3 is 5.97 Å². The highest BCUT2D eigenvalue weighted by Crippen LogP contribution is 2.21. The second-order valence-electron chi connectivity index (χ2n) is 4.40. The molecule has 0 saturated carbocycles. The molecule has 2 aromatic carbocycles. The molecule has 0 radical (unpaired) electrons. The van der Waals surface area contributed by atoms with Gasteiger partial charge in [0.2, 0.25) is 5.90 Å². The van der Waals surface area contributed by atoms with E-state index in [0.29, 0.717) is 11.6 Å². The van der Waals surface area contributed by atoms with E-state index in [4.69, 9.17) is 4.74 Å². The van der Waals surface area contributed by atoms with Crippen LogP contribution in [0.15, 0.2) is 63.7 Å². The van der Waals surface area contributed by atoms with Gasteiger partial charge in [0.15, 0.2) is 5.70 Å². The summed E-state index contributed by atoms with van der Waals surface area (Å²) in [5.41, 5.74) is 2.02. The standard InChI is InChI=1S/C16H9BrINO2/c17-12-6-4-11(5-7-12)15-19-14(16(20)21-15)9-10-2-1-3-13(18)8-10/h1-9H. The van der Waals surface area contributed by atoms with Gasteiger partial charge in [0, 0.05) is 13.6 Å². The summed E-state index contributed by atoms with van der Waals surface area (Å²) in [4.78, 5) is 16.2. The number of benzene rings is 2. The lowest BCUT2D eigenvalue weighted by Crippen LogP contribution is -2.05. The van der Waals surface area contributed by atoms with Crippen molar-refractivity contribution in [3.63, 3.8) is 0 Å². The van der Waals surface area contributed by atoms with Crippen LogP contribution in [0.1, 0.15) is 11.1 Å². The largest absolute Gasteiger partial charge is 0.402 e. The van der Waals surface area contributed by atoms with E-state index in [1.165, 1.54) is 0 Å². The SMILES string of the molecule is O=C1OC(c2ccc(Br)cc2)=NC1=Cc1cccc(I)c1. The van der Waals surface area contributed by atoms with Crippen LogP contribution in [0.4, 0.5) is 0 Å². The van der Waals surface area contributed by atoms with E-state index in [2.05, 4.69) is 43.5 Å². The minimum Gasteiger partial charge on any atom is -0.402 e. The highest BCUT2D eigenvalue weighted by atomic mass is 127. The average molecular weight is 454 g/mol. The minimum absolute atomic E-state index is 0.315. The van der Waals surface area contributed by atoms with Gasteiger partial charge in [-0.25, -0.2) is 9.79 Å². The number of cyclic esters (lactones) is 1. The third kappa shape index (κ3) is 3.41. The predicted molar refractivity (Wildman–Crippen MR) is 93.9 cm³/mol. The molecule has 0 atom stereocenters. The van der Waals surface area contributed by atoms with Crippen molar-refractivity contribution in [2.45, 2.75) is 0 Å². The maximum absolute atomic E-state index is 11.9. The summed E-state index contributed by atoms with van der Waals surface area (Å²) >= 11 is 5.60.